The second-order valence-corrected chi connectivity index (χ2v) is 3.66. The van der Waals surface area contributed by atoms with E-state index in [9.17, 15) is 0 Å². The lowest BCUT2D eigenvalue weighted by molar-refractivity contribution is 0.526. The van der Waals surface area contributed by atoms with Crippen molar-refractivity contribution in [3.63, 3.8) is 0 Å². The number of aryl methyl sites for hydroxylation is 1. The smallest absolute Gasteiger partial charge is 0.0284 e. The minimum absolute atomic E-state index is 0.194. The van der Waals surface area contributed by atoms with Crippen LogP contribution in [0.1, 0.15) is 37.1 Å². The first-order chi connectivity index (χ1) is 5.79. The number of aromatic nitrogens is 1. The van der Waals surface area contributed by atoms with Gasteiger partial charge in [0.2, 0.25) is 0 Å². The van der Waals surface area contributed by atoms with Crippen LogP contribution in [0.15, 0.2) is 12.3 Å². The minimum atomic E-state index is 0.194. The largest absolute Gasteiger partial charge is 0.351 e. The molecule has 0 saturated heterocycles. The zero-order chi connectivity index (χ0) is 8.55. The number of hydrogen-bond donors (Lipinski definition) is 1. The molecular formula is C10H16N2. The summed E-state index contributed by atoms with van der Waals surface area (Å²) >= 11 is 0. The van der Waals surface area contributed by atoms with Crippen molar-refractivity contribution in [1.82, 2.24) is 4.57 Å². The van der Waals surface area contributed by atoms with Gasteiger partial charge >= 0.3 is 0 Å². The average Bonchev–Trinajstić information content (AvgIpc) is 2.47. The molecule has 12 heavy (non-hydrogen) atoms. The second-order valence-electron chi connectivity index (χ2n) is 3.66. The van der Waals surface area contributed by atoms with Crippen LogP contribution in [0.25, 0.3) is 0 Å². The third-order valence-electron chi connectivity index (χ3n) is 2.67. The van der Waals surface area contributed by atoms with Crippen molar-refractivity contribution in [2.75, 3.05) is 0 Å². The topological polar surface area (TPSA) is 30.9 Å². The molecule has 1 aliphatic rings. The summed E-state index contributed by atoms with van der Waals surface area (Å²) in [6.07, 6.45) is 6.03. The van der Waals surface area contributed by atoms with E-state index in [1.54, 1.807) is 0 Å². The van der Waals surface area contributed by atoms with Gasteiger partial charge in [-0.3, -0.25) is 0 Å². The fourth-order valence-corrected chi connectivity index (χ4v) is 2.01. The maximum atomic E-state index is 5.87. The van der Waals surface area contributed by atoms with E-state index in [1.807, 2.05) is 0 Å². The molecule has 0 aliphatic carbocycles. The van der Waals surface area contributed by atoms with Crippen LogP contribution < -0.4 is 5.73 Å². The number of rotatable bonds is 1. The van der Waals surface area contributed by atoms with Gasteiger partial charge in [0.1, 0.15) is 0 Å². The third-order valence-corrected chi connectivity index (χ3v) is 2.67. The molecule has 0 fully saturated rings. The van der Waals surface area contributed by atoms with Crippen LogP contribution >= 0.6 is 0 Å². The molecule has 1 aliphatic heterocycles. The Hall–Kier alpha value is -0.760. The van der Waals surface area contributed by atoms with Crippen LogP contribution in [-0.4, -0.2) is 4.57 Å². The Morgan fingerprint density at radius 1 is 1.50 bits per heavy atom. The number of fused-ring (bicyclic) bond motifs is 1. The van der Waals surface area contributed by atoms with Gasteiger partial charge in [0.05, 0.1) is 0 Å². The molecule has 0 aromatic carbocycles. The molecule has 1 unspecified atom stereocenters. The Bertz CT molecular complexity index is 273. The maximum absolute atomic E-state index is 5.87. The van der Waals surface area contributed by atoms with Gasteiger partial charge in [-0.15, -0.1) is 0 Å². The van der Waals surface area contributed by atoms with Gasteiger partial charge in [0.25, 0.3) is 0 Å². The van der Waals surface area contributed by atoms with Gasteiger partial charge in [-0.25, -0.2) is 0 Å². The molecule has 2 rings (SSSR count). The van der Waals surface area contributed by atoms with Gasteiger partial charge < -0.3 is 10.3 Å². The van der Waals surface area contributed by atoms with E-state index in [1.165, 1.54) is 37.1 Å². The van der Waals surface area contributed by atoms with Crippen LogP contribution in [-0.2, 0) is 13.0 Å². The molecule has 0 spiro atoms. The van der Waals surface area contributed by atoms with Crippen molar-refractivity contribution in [2.24, 2.45) is 5.73 Å². The highest BCUT2D eigenvalue weighted by Gasteiger charge is 2.14. The molecule has 0 bridgehead atoms. The summed E-state index contributed by atoms with van der Waals surface area (Å²) in [5.74, 6) is 0. The highest BCUT2D eigenvalue weighted by atomic mass is 15.0. The number of nitrogens with two attached hydrogens (primary N) is 1. The summed E-state index contributed by atoms with van der Waals surface area (Å²) in [6.45, 7) is 3.24. The predicted octanol–water partition coefficient (Wildman–Crippen LogP) is 1.84. The standard InChI is InChI=1S/C10H16N2/c1-8(11)9-5-7-12-6-3-2-4-10(9)12/h5,7-8H,2-4,6,11H2,1H3. The molecule has 1 aromatic rings. The first-order valence-corrected chi connectivity index (χ1v) is 4.72. The van der Waals surface area contributed by atoms with Crippen molar-refractivity contribution in [1.29, 1.82) is 0 Å². The van der Waals surface area contributed by atoms with Crippen LogP contribution in [0.3, 0.4) is 0 Å². The van der Waals surface area contributed by atoms with Crippen molar-refractivity contribution >= 4 is 0 Å². The zero-order valence-electron chi connectivity index (χ0n) is 7.59. The molecule has 1 aromatic heterocycles. The Morgan fingerprint density at radius 3 is 3.08 bits per heavy atom. The van der Waals surface area contributed by atoms with E-state index < -0.39 is 0 Å². The average molecular weight is 164 g/mol. The van der Waals surface area contributed by atoms with Gasteiger partial charge in [-0.05, 0) is 37.8 Å². The summed E-state index contributed by atoms with van der Waals surface area (Å²) in [4.78, 5) is 0. The van der Waals surface area contributed by atoms with E-state index in [0.29, 0.717) is 0 Å². The van der Waals surface area contributed by atoms with Crippen molar-refractivity contribution in [2.45, 2.75) is 38.8 Å². The van der Waals surface area contributed by atoms with Crippen molar-refractivity contribution in [3.05, 3.63) is 23.5 Å². The fourth-order valence-electron chi connectivity index (χ4n) is 2.01. The SMILES string of the molecule is CC(N)c1ccn2c1CCCC2. The summed E-state index contributed by atoms with van der Waals surface area (Å²) < 4.78 is 2.35. The summed E-state index contributed by atoms with van der Waals surface area (Å²) in [5.41, 5.74) is 8.68. The molecule has 2 heteroatoms. The van der Waals surface area contributed by atoms with E-state index in [4.69, 9.17) is 5.73 Å². The first-order valence-electron chi connectivity index (χ1n) is 4.72. The van der Waals surface area contributed by atoms with Gasteiger partial charge in [-0.2, -0.15) is 0 Å². The number of nitrogens with zero attached hydrogens (tertiary/aromatic N) is 1. The van der Waals surface area contributed by atoms with Crippen LogP contribution in [0, 0.1) is 0 Å². The maximum Gasteiger partial charge on any atom is 0.0284 e. The highest BCUT2D eigenvalue weighted by Crippen LogP contribution is 2.23. The Labute approximate surface area is 73.4 Å². The predicted molar refractivity (Wildman–Crippen MR) is 50.0 cm³/mol. The van der Waals surface area contributed by atoms with Gasteiger partial charge in [-0.1, -0.05) is 0 Å². The van der Waals surface area contributed by atoms with E-state index >= 15 is 0 Å². The lowest BCUT2D eigenvalue weighted by Crippen LogP contribution is -2.13. The lowest BCUT2D eigenvalue weighted by Gasteiger charge is -2.17. The molecule has 66 valence electrons. The normalized spacial score (nSPS) is 18.8. The first kappa shape index (κ1) is 7.87. The summed E-state index contributed by atoms with van der Waals surface area (Å²) in [6, 6.07) is 2.37. The monoisotopic (exact) mass is 164 g/mol. The molecule has 2 heterocycles. The molecule has 2 N–H and O–H groups in total. The highest BCUT2D eigenvalue weighted by molar-refractivity contribution is 5.26. The molecule has 0 saturated carbocycles. The quantitative estimate of drug-likeness (QED) is 0.674. The lowest BCUT2D eigenvalue weighted by atomic mass is 10.0. The zero-order valence-corrected chi connectivity index (χ0v) is 7.59. The Kier molecular flexibility index (Phi) is 1.93. The van der Waals surface area contributed by atoms with E-state index in [-0.39, 0.29) is 6.04 Å². The van der Waals surface area contributed by atoms with Crippen LogP contribution in [0.4, 0.5) is 0 Å². The Balaban J connectivity index is 2.38. The van der Waals surface area contributed by atoms with Crippen molar-refractivity contribution < 1.29 is 0 Å². The van der Waals surface area contributed by atoms with E-state index in [0.717, 1.165) is 0 Å². The van der Waals surface area contributed by atoms with Crippen LogP contribution in [0.5, 0.6) is 0 Å². The minimum Gasteiger partial charge on any atom is -0.351 e. The van der Waals surface area contributed by atoms with E-state index in [2.05, 4.69) is 23.8 Å². The second kappa shape index (κ2) is 2.94. The molecule has 0 radical (unpaired) electrons. The van der Waals surface area contributed by atoms with Gasteiger partial charge in [0, 0.05) is 24.5 Å². The molecule has 1 atom stereocenters. The van der Waals surface area contributed by atoms with Crippen molar-refractivity contribution in [3.8, 4) is 0 Å². The summed E-state index contributed by atoms with van der Waals surface area (Å²) in [7, 11) is 0. The Morgan fingerprint density at radius 2 is 2.33 bits per heavy atom. The molecular weight excluding hydrogens is 148 g/mol. The summed E-state index contributed by atoms with van der Waals surface area (Å²) in [5, 5.41) is 0. The molecule has 2 nitrogen and oxygen atoms in total. The fraction of sp³-hybridized carbons (Fsp3) is 0.600. The third kappa shape index (κ3) is 1.16. The van der Waals surface area contributed by atoms with Gasteiger partial charge in [0.15, 0.2) is 0 Å². The molecule has 0 amide bonds. The number of hydrogen-bond acceptors (Lipinski definition) is 1. The van der Waals surface area contributed by atoms with Crippen LogP contribution in [0.2, 0.25) is 0 Å².